The highest BCUT2D eigenvalue weighted by molar-refractivity contribution is 5.98. The van der Waals surface area contributed by atoms with Gasteiger partial charge >= 0.3 is 5.97 Å². The van der Waals surface area contributed by atoms with Crippen LogP contribution in [0, 0.1) is 0 Å². The van der Waals surface area contributed by atoms with Crippen molar-refractivity contribution in [1.29, 1.82) is 0 Å². The van der Waals surface area contributed by atoms with Crippen LogP contribution in [0.2, 0.25) is 0 Å². The van der Waals surface area contributed by atoms with Crippen molar-refractivity contribution in [2.75, 3.05) is 26.8 Å². The average molecular weight is 323 g/mol. The lowest BCUT2D eigenvalue weighted by molar-refractivity contribution is -0.137. The SMILES string of the molecule is CCCCOc1cc(OCCC)ccc1C(=O)N(C)CC(=O)O. The summed E-state index contributed by atoms with van der Waals surface area (Å²) in [7, 11) is 1.45. The fraction of sp³-hybridized carbons (Fsp3) is 0.529. The molecule has 1 aromatic carbocycles. The van der Waals surface area contributed by atoms with Crippen molar-refractivity contribution in [1.82, 2.24) is 4.90 Å². The van der Waals surface area contributed by atoms with Gasteiger partial charge in [-0.2, -0.15) is 0 Å². The maximum Gasteiger partial charge on any atom is 0.323 e. The number of ether oxygens (including phenoxy) is 2. The first-order valence-corrected chi connectivity index (χ1v) is 7.86. The molecule has 1 aromatic rings. The van der Waals surface area contributed by atoms with Crippen molar-refractivity contribution in [2.45, 2.75) is 33.1 Å². The van der Waals surface area contributed by atoms with Crippen LogP contribution >= 0.6 is 0 Å². The largest absolute Gasteiger partial charge is 0.493 e. The van der Waals surface area contributed by atoms with Crippen LogP contribution in [0.5, 0.6) is 11.5 Å². The van der Waals surface area contributed by atoms with E-state index < -0.39 is 5.97 Å². The molecule has 0 fully saturated rings. The molecule has 1 rings (SSSR count). The van der Waals surface area contributed by atoms with Crippen LogP contribution in [-0.2, 0) is 4.79 Å². The summed E-state index contributed by atoms with van der Waals surface area (Å²) in [5.41, 5.74) is 0.341. The molecule has 0 radical (unpaired) electrons. The number of benzene rings is 1. The molecular formula is C17H25NO5. The molecule has 1 amide bonds. The van der Waals surface area contributed by atoms with Crippen LogP contribution < -0.4 is 9.47 Å². The Morgan fingerprint density at radius 1 is 1.13 bits per heavy atom. The summed E-state index contributed by atoms with van der Waals surface area (Å²) in [6, 6.07) is 5.00. The summed E-state index contributed by atoms with van der Waals surface area (Å²) >= 11 is 0. The lowest BCUT2D eigenvalue weighted by Crippen LogP contribution is -2.32. The van der Waals surface area contributed by atoms with E-state index in [0.717, 1.165) is 24.2 Å². The van der Waals surface area contributed by atoms with E-state index >= 15 is 0 Å². The maximum atomic E-state index is 12.4. The second-order valence-electron chi connectivity index (χ2n) is 5.26. The number of hydrogen-bond donors (Lipinski definition) is 1. The molecule has 128 valence electrons. The van der Waals surface area contributed by atoms with E-state index in [1.54, 1.807) is 18.2 Å². The number of amides is 1. The van der Waals surface area contributed by atoms with E-state index in [4.69, 9.17) is 14.6 Å². The number of hydrogen-bond acceptors (Lipinski definition) is 4. The third-order valence-corrected chi connectivity index (χ3v) is 3.13. The van der Waals surface area contributed by atoms with E-state index in [2.05, 4.69) is 6.92 Å². The van der Waals surface area contributed by atoms with Gasteiger partial charge in [0.05, 0.1) is 18.8 Å². The molecular weight excluding hydrogens is 298 g/mol. The molecule has 0 aliphatic heterocycles. The van der Waals surface area contributed by atoms with Crippen molar-refractivity contribution in [3.8, 4) is 11.5 Å². The van der Waals surface area contributed by atoms with Gasteiger partial charge in [-0.15, -0.1) is 0 Å². The molecule has 0 spiro atoms. The number of unbranched alkanes of at least 4 members (excludes halogenated alkanes) is 1. The Bertz CT molecular complexity index is 530. The lowest BCUT2D eigenvalue weighted by atomic mass is 10.1. The van der Waals surface area contributed by atoms with Crippen LogP contribution in [0.4, 0.5) is 0 Å². The number of aliphatic carboxylic acids is 1. The molecule has 23 heavy (non-hydrogen) atoms. The summed E-state index contributed by atoms with van der Waals surface area (Å²) in [6.45, 7) is 4.78. The quantitative estimate of drug-likeness (QED) is 0.670. The summed E-state index contributed by atoms with van der Waals surface area (Å²) in [5.74, 6) is -0.386. The van der Waals surface area contributed by atoms with E-state index in [0.29, 0.717) is 30.3 Å². The summed E-state index contributed by atoms with van der Waals surface area (Å²) < 4.78 is 11.3. The second kappa shape index (κ2) is 9.71. The molecule has 0 aliphatic carbocycles. The number of carbonyl (C=O) groups is 2. The Balaban J connectivity index is 2.97. The Labute approximate surface area is 137 Å². The molecule has 0 atom stereocenters. The van der Waals surface area contributed by atoms with Gasteiger partial charge in [0.2, 0.25) is 0 Å². The highest BCUT2D eigenvalue weighted by Gasteiger charge is 2.19. The van der Waals surface area contributed by atoms with Crippen molar-refractivity contribution in [3.05, 3.63) is 23.8 Å². The minimum Gasteiger partial charge on any atom is -0.493 e. The molecule has 0 unspecified atom stereocenters. The van der Waals surface area contributed by atoms with Crippen LogP contribution in [0.3, 0.4) is 0 Å². The van der Waals surface area contributed by atoms with Crippen LogP contribution in [0.15, 0.2) is 18.2 Å². The monoisotopic (exact) mass is 323 g/mol. The average Bonchev–Trinajstić information content (AvgIpc) is 2.52. The molecule has 6 nitrogen and oxygen atoms in total. The third-order valence-electron chi connectivity index (χ3n) is 3.13. The Morgan fingerprint density at radius 2 is 1.87 bits per heavy atom. The first-order valence-electron chi connectivity index (χ1n) is 7.86. The fourth-order valence-electron chi connectivity index (χ4n) is 1.92. The first kappa shape index (κ1) is 18.8. The number of carbonyl (C=O) groups excluding carboxylic acids is 1. The fourth-order valence-corrected chi connectivity index (χ4v) is 1.92. The summed E-state index contributed by atoms with van der Waals surface area (Å²) in [4.78, 5) is 24.3. The van der Waals surface area contributed by atoms with Crippen molar-refractivity contribution in [3.63, 3.8) is 0 Å². The number of carboxylic acid groups (broad SMARTS) is 1. The second-order valence-corrected chi connectivity index (χ2v) is 5.26. The molecule has 0 saturated heterocycles. The van der Waals surface area contributed by atoms with Crippen LogP contribution in [0.1, 0.15) is 43.5 Å². The molecule has 0 bridgehead atoms. The Hall–Kier alpha value is -2.24. The first-order chi connectivity index (χ1) is 11.0. The molecule has 6 heteroatoms. The zero-order chi connectivity index (χ0) is 17.2. The predicted molar refractivity (Wildman–Crippen MR) is 87.2 cm³/mol. The topological polar surface area (TPSA) is 76.1 Å². The van der Waals surface area contributed by atoms with Gasteiger partial charge < -0.3 is 19.5 Å². The van der Waals surface area contributed by atoms with Gasteiger partial charge in [0.25, 0.3) is 5.91 Å². The molecule has 1 N–H and O–H groups in total. The van der Waals surface area contributed by atoms with Gasteiger partial charge in [-0.05, 0) is 25.0 Å². The van der Waals surface area contributed by atoms with E-state index in [1.807, 2.05) is 6.92 Å². The molecule has 0 saturated carbocycles. The van der Waals surface area contributed by atoms with Gasteiger partial charge in [0.1, 0.15) is 18.0 Å². The number of rotatable bonds is 10. The zero-order valence-corrected chi connectivity index (χ0v) is 14.0. The van der Waals surface area contributed by atoms with Gasteiger partial charge in [-0.1, -0.05) is 20.3 Å². The highest BCUT2D eigenvalue weighted by Crippen LogP contribution is 2.26. The molecule has 0 aliphatic rings. The van der Waals surface area contributed by atoms with Gasteiger partial charge in [-0.3, -0.25) is 9.59 Å². The van der Waals surface area contributed by atoms with Crippen molar-refractivity contribution in [2.24, 2.45) is 0 Å². The van der Waals surface area contributed by atoms with E-state index in [9.17, 15) is 9.59 Å². The van der Waals surface area contributed by atoms with E-state index in [1.165, 1.54) is 7.05 Å². The van der Waals surface area contributed by atoms with Crippen molar-refractivity contribution < 1.29 is 24.2 Å². The summed E-state index contributed by atoms with van der Waals surface area (Å²) in [5, 5.41) is 8.82. The smallest absolute Gasteiger partial charge is 0.323 e. The number of carboxylic acids is 1. The number of likely N-dealkylation sites (N-methyl/N-ethyl adjacent to an activating group) is 1. The van der Waals surface area contributed by atoms with E-state index in [-0.39, 0.29) is 12.5 Å². The maximum absolute atomic E-state index is 12.4. The standard InChI is InChI=1S/C17H25NO5/c1-4-6-10-23-15-11-13(22-9-5-2)7-8-14(15)17(21)18(3)12-16(19)20/h7-8,11H,4-6,9-10,12H2,1-3H3,(H,19,20). The van der Waals surface area contributed by atoms with Gasteiger partial charge in [-0.25, -0.2) is 0 Å². The lowest BCUT2D eigenvalue weighted by Gasteiger charge is -2.18. The highest BCUT2D eigenvalue weighted by atomic mass is 16.5. The van der Waals surface area contributed by atoms with Crippen LogP contribution in [0.25, 0.3) is 0 Å². The third kappa shape index (κ3) is 6.18. The Kier molecular flexibility index (Phi) is 7.94. The minimum atomic E-state index is -1.06. The predicted octanol–water partition coefficient (Wildman–Crippen LogP) is 2.81. The molecule has 0 heterocycles. The zero-order valence-electron chi connectivity index (χ0n) is 14.0. The minimum absolute atomic E-state index is 0.341. The van der Waals surface area contributed by atoms with Crippen molar-refractivity contribution >= 4 is 11.9 Å². The van der Waals surface area contributed by atoms with Gasteiger partial charge in [0, 0.05) is 13.1 Å². The summed E-state index contributed by atoms with van der Waals surface area (Å²) in [6.07, 6.45) is 2.74. The van der Waals surface area contributed by atoms with Gasteiger partial charge in [0.15, 0.2) is 0 Å². The number of nitrogens with zero attached hydrogens (tertiary/aromatic N) is 1. The Morgan fingerprint density at radius 3 is 2.48 bits per heavy atom. The van der Waals surface area contributed by atoms with Crippen LogP contribution in [-0.4, -0.2) is 48.7 Å². The molecule has 0 aromatic heterocycles. The normalized spacial score (nSPS) is 10.2.